The largest absolute Gasteiger partial charge is 0.497 e. The van der Waals surface area contributed by atoms with E-state index in [2.05, 4.69) is 10.4 Å². The van der Waals surface area contributed by atoms with E-state index < -0.39 is 0 Å². The van der Waals surface area contributed by atoms with Crippen LogP contribution >= 0.6 is 0 Å². The highest BCUT2D eigenvalue weighted by Crippen LogP contribution is 2.29. The van der Waals surface area contributed by atoms with Crippen LogP contribution in [-0.4, -0.2) is 29.9 Å². The number of ether oxygens (including phenoxy) is 2. The highest BCUT2D eigenvalue weighted by molar-refractivity contribution is 6.05. The number of carbonyl (C=O) groups excluding carboxylic acids is 1. The average Bonchev–Trinajstić information content (AvgIpc) is 2.87. The van der Waals surface area contributed by atoms with Crippen molar-refractivity contribution in [1.29, 1.82) is 0 Å². The number of hydrogen-bond donors (Lipinski definition) is 1. The Labute approximate surface area is 191 Å². The predicted octanol–water partition coefficient (Wildman–Crippen LogP) is 4.48. The van der Waals surface area contributed by atoms with Crippen LogP contribution in [0.4, 0.5) is 5.82 Å². The fraction of sp³-hybridized carbons (Fsp3) is 0.115. The molecule has 0 aliphatic rings. The molecule has 7 nitrogen and oxygen atoms in total. The number of aryl methyl sites for hydroxylation is 1. The monoisotopic (exact) mass is 441 g/mol. The fourth-order valence-corrected chi connectivity index (χ4v) is 3.46. The first-order chi connectivity index (χ1) is 16.0. The highest BCUT2D eigenvalue weighted by Gasteiger charge is 2.21. The van der Waals surface area contributed by atoms with Crippen LogP contribution in [0, 0.1) is 6.92 Å². The molecule has 0 fully saturated rings. The van der Waals surface area contributed by atoms with Gasteiger partial charge in [-0.05, 0) is 61.0 Å². The summed E-state index contributed by atoms with van der Waals surface area (Å²) in [6.45, 7) is 1.66. The van der Waals surface area contributed by atoms with Gasteiger partial charge in [0.15, 0.2) is 0 Å². The highest BCUT2D eigenvalue weighted by atomic mass is 16.5. The Balaban J connectivity index is 1.90. The number of nitrogens with one attached hydrogen (secondary N) is 1. The SMILES string of the molecule is COc1ccc(C(=O)Nc2c(-c3ccc(OC)cc3)c(=O)c(C)nn2-c2ccccc2)cc1. The molecule has 1 heterocycles. The van der Waals surface area contributed by atoms with Crippen LogP contribution in [0.1, 0.15) is 16.1 Å². The molecule has 0 unspecified atom stereocenters. The maximum Gasteiger partial charge on any atom is 0.256 e. The van der Waals surface area contributed by atoms with Crippen LogP contribution in [0.2, 0.25) is 0 Å². The molecular formula is C26H23N3O4. The lowest BCUT2D eigenvalue weighted by atomic mass is 10.0. The van der Waals surface area contributed by atoms with Gasteiger partial charge in [0.2, 0.25) is 5.43 Å². The summed E-state index contributed by atoms with van der Waals surface area (Å²) in [5.41, 5.74) is 2.16. The van der Waals surface area contributed by atoms with Crippen LogP contribution in [0.25, 0.3) is 16.8 Å². The standard InChI is InChI=1S/C26H23N3O4/c1-17-24(30)23(18-9-13-21(32-2)14-10-18)25(29(28-17)20-7-5-4-6-8-20)27-26(31)19-11-15-22(33-3)16-12-19/h4-16H,1-3H3,(H,27,31). The summed E-state index contributed by atoms with van der Waals surface area (Å²) in [7, 11) is 3.14. The van der Waals surface area contributed by atoms with Gasteiger partial charge in [-0.15, -0.1) is 0 Å². The zero-order chi connectivity index (χ0) is 23.4. The summed E-state index contributed by atoms with van der Waals surface area (Å²) in [5.74, 6) is 1.21. The number of rotatable bonds is 6. The molecule has 1 amide bonds. The minimum Gasteiger partial charge on any atom is -0.497 e. The predicted molar refractivity (Wildman–Crippen MR) is 128 cm³/mol. The molecule has 0 aliphatic carbocycles. The number of anilines is 1. The van der Waals surface area contributed by atoms with E-state index in [0.717, 1.165) is 0 Å². The Kier molecular flexibility index (Phi) is 6.22. The molecule has 0 spiro atoms. The van der Waals surface area contributed by atoms with E-state index in [1.807, 2.05) is 30.3 Å². The van der Waals surface area contributed by atoms with Gasteiger partial charge in [-0.3, -0.25) is 9.59 Å². The number of amides is 1. The van der Waals surface area contributed by atoms with Crippen molar-refractivity contribution in [1.82, 2.24) is 9.78 Å². The van der Waals surface area contributed by atoms with Crippen LogP contribution in [-0.2, 0) is 0 Å². The van der Waals surface area contributed by atoms with Gasteiger partial charge in [0.05, 0.1) is 25.5 Å². The van der Waals surface area contributed by atoms with E-state index >= 15 is 0 Å². The van der Waals surface area contributed by atoms with Crippen molar-refractivity contribution in [3.05, 3.63) is 100 Å². The Bertz CT molecular complexity index is 1330. The van der Waals surface area contributed by atoms with Crippen molar-refractivity contribution in [3.8, 4) is 28.3 Å². The van der Waals surface area contributed by atoms with Gasteiger partial charge >= 0.3 is 0 Å². The van der Waals surface area contributed by atoms with Crippen LogP contribution in [0.3, 0.4) is 0 Å². The molecule has 0 aliphatic heterocycles. The number of aromatic nitrogens is 2. The smallest absolute Gasteiger partial charge is 0.256 e. The summed E-state index contributed by atoms with van der Waals surface area (Å²) in [6, 6.07) is 23.2. The molecule has 4 aromatic rings. The van der Waals surface area contributed by atoms with Crippen molar-refractivity contribution < 1.29 is 14.3 Å². The molecular weight excluding hydrogens is 418 g/mol. The maximum atomic E-state index is 13.3. The second kappa shape index (κ2) is 9.40. The number of nitrogens with zero attached hydrogens (tertiary/aromatic N) is 2. The molecule has 1 N–H and O–H groups in total. The summed E-state index contributed by atoms with van der Waals surface area (Å²) < 4.78 is 12.0. The maximum absolute atomic E-state index is 13.3. The van der Waals surface area contributed by atoms with Crippen LogP contribution in [0.5, 0.6) is 11.5 Å². The zero-order valence-corrected chi connectivity index (χ0v) is 18.5. The lowest BCUT2D eigenvalue weighted by Crippen LogP contribution is -2.24. The summed E-state index contributed by atoms with van der Waals surface area (Å²) >= 11 is 0. The van der Waals surface area contributed by atoms with E-state index in [1.165, 1.54) is 0 Å². The Morgan fingerprint density at radius 3 is 2.00 bits per heavy atom. The van der Waals surface area contributed by atoms with Gasteiger partial charge in [0.25, 0.3) is 5.91 Å². The van der Waals surface area contributed by atoms with Crippen molar-refractivity contribution in [3.63, 3.8) is 0 Å². The Morgan fingerprint density at radius 1 is 0.848 bits per heavy atom. The summed E-state index contributed by atoms with van der Waals surface area (Å²) in [4.78, 5) is 26.4. The first-order valence-electron chi connectivity index (χ1n) is 10.3. The fourth-order valence-electron chi connectivity index (χ4n) is 3.46. The molecule has 4 rings (SSSR count). The molecule has 1 aromatic heterocycles. The van der Waals surface area contributed by atoms with E-state index in [-0.39, 0.29) is 17.2 Å². The molecule has 166 valence electrons. The lowest BCUT2D eigenvalue weighted by Gasteiger charge is -2.18. The number of hydrogen-bond acceptors (Lipinski definition) is 5. The third-order valence-corrected chi connectivity index (χ3v) is 5.22. The molecule has 0 saturated heterocycles. The van der Waals surface area contributed by atoms with E-state index in [1.54, 1.807) is 74.4 Å². The quantitative estimate of drug-likeness (QED) is 0.477. The zero-order valence-electron chi connectivity index (χ0n) is 18.5. The van der Waals surface area contributed by atoms with Gasteiger partial charge in [0, 0.05) is 5.56 Å². The van der Waals surface area contributed by atoms with Crippen molar-refractivity contribution in [2.45, 2.75) is 6.92 Å². The van der Waals surface area contributed by atoms with Crippen LogP contribution < -0.4 is 20.2 Å². The Morgan fingerprint density at radius 2 is 1.42 bits per heavy atom. The van der Waals surface area contributed by atoms with Gasteiger partial charge < -0.3 is 14.8 Å². The first kappa shape index (κ1) is 21.8. The van der Waals surface area contributed by atoms with Gasteiger partial charge in [-0.1, -0.05) is 30.3 Å². The molecule has 0 saturated carbocycles. The van der Waals surface area contributed by atoms with E-state index in [9.17, 15) is 9.59 Å². The minimum absolute atomic E-state index is 0.266. The summed E-state index contributed by atoms with van der Waals surface area (Å²) in [5, 5.41) is 7.40. The van der Waals surface area contributed by atoms with Gasteiger partial charge in [0.1, 0.15) is 23.0 Å². The molecule has 0 radical (unpaired) electrons. The first-order valence-corrected chi connectivity index (χ1v) is 10.3. The van der Waals surface area contributed by atoms with E-state index in [0.29, 0.717) is 39.6 Å². The normalized spacial score (nSPS) is 10.5. The number of benzene rings is 3. The van der Waals surface area contributed by atoms with Crippen LogP contribution in [0.15, 0.2) is 83.7 Å². The molecule has 0 bridgehead atoms. The average molecular weight is 441 g/mol. The molecule has 0 atom stereocenters. The number of methoxy groups -OCH3 is 2. The minimum atomic E-state index is -0.373. The molecule has 7 heteroatoms. The third-order valence-electron chi connectivity index (χ3n) is 5.22. The molecule has 33 heavy (non-hydrogen) atoms. The van der Waals surface area contributed by atoms with E-state index in [4.69, 9.17) is 9.47 Å². The van der Waals surface area contributed by atoms with Crippen molar-refractivity contribution in [2.24, 2.45) is 0 Å². The lowest BCUT2D eigenvalue weighted by molar-refractivity contribution is 0.102. The topological polar surface area (TPSA) is 82.4 Å². The van der Waals surface area contributed by atoms with Gasteiger partial charge in [-0.2, -0.15) is 5.10 Å². The van der Waals surface area contributed by atoms with Crippen molar-refractivity contribution in [2.75, 3.05) is 19.5 Å². The van der Waals surface area contributed by atoms with Gasteiger partial charge in [-0.25, -0.2) is 4.68 Å². The number of para-hydroxylation sites is 1. The second-order valence-electron chi connectivity index (χ2n) is 7.30. The number of carbonyl (C=O) groups is 1. The summed E-state index contributed by atoms with van der Waals surface area (Å²) in [6.07, 6.45) is 0. The molecule has 3 aromatic carbocycles. The third kappa shape index (κ3) is 4.48. The Hall–Kier alpha value is -4.39. The second-order valence-corrected chi connectivity index (χ2v) is 7.30. The van der Waals surface area contributed by atoms with Crippen molar-refractivity contribution >= 4 is 11.7 Å².